The van der Waals surface area contributed by atoms with Crippen LogP contribution in [-0.2, 0) is 42.9 Å². The number of Topliss-reactive ketones (excluding diaryl/α,β-unsaturated/α-hetero) is 2. The number of hydrogen-bond acceptors (Lipinski definition) is 11. The van der Waals surface area contributed by atoms with Gasteiger partial charge in [-0.1, -0.05) is 45.4 Å². The van der Waals surface area contributed by atoms with Crippen LogP contribution in [0.4, 0.5) is 5.69 Å². The Morgan fingerprint density at radius 2 is 1.68 bits per heavy atom. The lowest BCUT2D eigenvalue weighted by molar-refractivity contribution is -0.302. The quantitative estimate of drug-likeness (QED) is 0.150. The molecule has 6 rings (SSSR count). The van der Waals surface area contributed by atoms with E-state index in [9.17, 15) is 24.3 Å². The summed E-state index contributed by atoms with van der Waals surface area (Å²) in [5, 5.41) is 13.3. The van der Waals surface area contributed by atoms with Crippen molar-refractivity contribution in [3.8, 4) is 0 Å². The van der Waals surface area contributed by atoms with E-state index in [2.05, 4.69) is 60.3 Å². The van der Waals surface area contributed by atoms with Crippen LogP contribution < -0.4 is 4.90 Å². The number of aliphatic hydroxyl groups is 1. The Morgan fingerprint density at radius 1 is 0.954 bits per heavy atom. The zero-order valence-electron chi connectivity index (χ0n) is 40.7. The van der Waals surface area contributed by atoms with E-state index in [-0.39, 0.29) is 54.6 Å². The summed E-state index contributed by atoms with van der Waals surface area (Å²) in [7, 11) is 7.02. The SMILES string of the molecule is CCC1C=C(C)CC(C)CC(OC)C2OC(O)(C(=O)C(=O)N3CCCCC3C(=O)OC(C(C)=CC3CCC(N(C)c4ccc5[nH]ccc5c4)C(OC)C3)C(C)CCC1=O)C(C)CC2OC. The summed E-state index contributed by atoms with van der Waals surface area (Å²) >= 11 is 0. The number of H-pyrrole nitrogens is 1. The van der Waals surface area contributed by atoms with E-state index >= 15 is 0 Å². The molecule has 2 N–H and O–H groups in total. The number of carbonyl (C=O) groups is 4. The van der Waals surface area contributed by atoms with Gasteiger partial charge in [0.2, 0.25) is 5.79 Å². The fourth-order valence-corrected chi connectivity index (χ4v) is 11.3. The van der Waals surface area contributed by atoms with Crippen molar-refractivity contribution in [2.75, 3.05) is 39.8 Å². The van der Waals surface area contributed by atoms with Gasteiger partial charge in [0.25, 0.3) is 11.7 Å². The molecule has 0 spiro atoms. The van der Waals surface area contributed by atoms with E-state index in [0.29, 0.717) is 51.4 Å². The number of aromatic nitrogens is 1. The molecule has 1 amide bonds. The standard InChI is InChI=1S/C52H77N3O10/c1-11-37-25-31(2)24-32(3)26-45(62-9)48-46(63-10)28-35(6)52(60,65-48)49(57)50(58)55-23-13-12-14-42(55)51(59)64-47(33(4)15-20-43(37)56)34(5)27-36-16-19-41(44(29-36)61-8)54(7)39-17-18-40-38(30-39)21-22-53-40/h17-18,21-22,25,27,30,32-33,35-37,41-42,44-48,53,60H,11-16,19-20,23-24,26,28-29H2,1-10H3. The third-order valence-electron chi connectivity index (χ3n) is 15.2. The summed E-state index contributed by atoms with van der Waals surface area (Å²) in [6, 6.07) is 7.65. The van der Waals surface area contributed by atoms with Crippen LogP contribution in [0.5, 0.6) is 0 Å². The van der Waals surface area contributed by atoms with E-state index < -0.39 is 59.8 Å². The normalized spacial score (nSPS) is 35.5. The second kappa shape index (κ2) is 22.3. The van der Waals surface area contributed by atoms with Crippen molar-refractivity contribution < 1.29 is 48.0 Å². The number of amides is 1. The van der Waals surface area contributed by atoms with Crippen LogP contribution in [0.25, 0.3) is 10.9 Å². The first kappa shape index (κ1) is 50.5. The number of esters is 1. The molecular weight excluding hydrogens is 827 g/mol. The van der Waals surface area contributed by atoms with Gasteiger partial charge in [0, 0.05) is 76.0 Å². The van der Waals surface area contributed by atoms with E-state index in [1.807, 2.05) is 33.9 Å². The van der Waals surface area contributed by atoms with Crippen molar-refractivity contribution in [2.45, 2.75) is 167 Å². The Kier molecular flexibility index (Phi) is 17.3. The molecule has 65 heavy (non-hydrogen) atoms. The number of rotatable bonds is 8. The summed E-state index contributed by atoms with van der Waals surface area (Å²) in [4.78, 5) is 64.1. The van der Waals surface area contributed by atoms with Gasteiger partial charge in [-0.05, 0) is 132 Å². The van der Waals surface area contributed by atoms with Gasteiger partial charge in [0.1, 0.15) is 24.0 Å². The predicted octanol–water partition coefficient (Wildman–Crippen LogP) is 8.13. The maximum atomic E-state index is 14.6. The minimum Gasteiger partial charge on any atom is -0.456 e. The maximum absolute atomic E-state index is 14.6. The summed E-state index contributed by atoms with van der Waals surface area (Å²) in [5.41, 5.74) is 4.20. The molecule has 1 aliphatic carbocycles. The van der Waals surface area contributed by atoms with E-state index in [0.717, 1.165) is 47.0 Å². The molecule has 13 heteroatoms. The van der Waals surface area contributed by atoms with Crippen molar-refractivity contribution in [2.24, 2.45) is 29.6 Å². The van der Waals surface area contributed by atoms with Crippen LogP contribution in [0, 0.1) is 29.6 Å². The Labute approximate surface area is 387 Å². The van der Waals surface area contributed by atoms with Gasteiger partial charge in [0.15, 0.2) is 0 Å². The van der Waals surface area contributed by atoms with Crippen LogP contribution in [-0.4, -0.2) is 122 Å². The fraction of sp³-hybridized carbons (Fsp3) is 0.692. The van der Waals surface area contributed by atoms with Gasteiger partial charge in [0.05, 0.1) is 24.4 Å². The molecule has 2 bridgehead atoms. The number of hydrogen-bond donors (Lipinski definition) is 2. The topological polar surface area (TPSA) is 157 Å². The molecule has 3 fully saturated rings. The van der Waals surface area contributed by atoms with E-state index in [4.69, 9.17) is 23.7 Å². The number of piperidine rings is 1. The van der Waals surface area contributed by atoms with E-state index in [1.165, 1.54) is 4.90 Å². The Balaban J connectivity index is 1.29. The van der Waals surface area contributed by atoms with Crippen molar-refractivity contribution >= 4 is 40.0 Å². The number of carbonyl (C=O) groups excluding carboxylic acids is 4. The molecular formula is C52H77N3O10. The minimum absolute atomic E-state index is 0.0445. The lowest BCUT2D eigenvalue weighted by atomic mass is 9.80. The molecule has 2 aromatic rings. The third kappa shape index (κ3) is 11.5. The lowest BCUT2D eigenvalue weighted by Gasteiger charge is -2.47. The largest absolute Gasteiger partial charge is 0.456 e. The summed E-state index contributed by atoms with van der Waals surface area (Å²) < 4.78 is 30.8. The number of aromatic amines is 1. The van der Waals surface area contributed by atoms with Crippen LogP contribution in [0.1, 0.15) is 119 Å². The van der Waals surface area contributed by atoms with Crippen LogP contribution in [0.2, 0.25) is 0 Å². The first-order chi connectivity index (χ1) is 31.0. The number of anilines is 1. The first-order valence-corrected chi connectivity index (χ1v) is 24.3. The molecule has 4 heterocycles. The second-order valence-corrected chi connectivity index (χ2v) is 19.9. The zero-order chi connectivity index (χ0) is 47.2. The lowest BCUT2D eigenvalue weighted by Crippen LogP contribution is -2.64. The number of nitrogens with one attached hydrogen (secondary N) is 1. The summed E-state index contributed by atoms with van der Waals surface area (Å²) in [6.07, 6.45) is 10.7. The number of ketones is 2. The van der Waals surface area contributed by atoms with Crippen LogP contribution >= 0.6 is 0 Å². The summed E-state index contributed by atoms with van der Waals surface area (Å²) in [6.45, 7) is 12.0. The summed E-state index contributed by atoms with van der Waals surface area (Å²) in [5.74, 6) is -6.05. The second-order valence-electron chi connectivity index (χ2n) is 19.9. The maximum Gasteiger partial charge on any atom is 0.329 e. The Bertz CT molecular complexity index is 2030. The van der Waals surface area contributed by atoms with Crippen LogP contribution in [0.15, 0.2) is 53.8 Å². The number of ether oxygens (including phenoxy) is 5. The predicted molar refractivity (Wildman–Crippen MR) is 251 cm³/mol. The molecule has 0 radical (unpaired) electrons. The van der Waals surface area contributed by atoms with Gasteiger partial charge in [-0.3, -0.25) is 14.4 Å². The van der Waals surface area contributed by atoms with Crippen molar-refractivity contribution in [1.29, 1.82) is 0 Å². The Hall–Kier alpha value is -3.88. The highest BCUT2D eigenvalue weighted by Gasteiger charge is 2.56. The van der Waals surface area contributed by atoms with Crippen molar-refractivity contribution in [3.05, 3.63) is 53.8 Å². The van der Waals surface area contributed by atoms with Gasteiger partial charge in [-0.25, -0.2) is 4.79 Å². The van der Waals surface area contributed by atoms with Gasteiger partial charge in [-0.15, -0.1) is 0 Å². The third-order valence-corrected chi connectivity index (χ3v) is 15.2. The number of methoxy groups -OCH3 is 3. The molecule has 1 aromatic carbocycles. The van der Waals surface area contributed by atoms with Gasteiger partial charge >= 0.3 is 5.97 Å². The number of benzene rings is 1. The number of likely N-dealkylation sites (N-methyl/N-ethyl adjacent to an activating group) is 1. The smallest absolute Gasteiger partial charge is 0.329 e. The Morgan fingerprint density at radius 3 is 2.38 bits per heavy atom. The zero-order valence-corrected chi connectivity index (χ0v) is 40.7. The van der Waals surface area contributed by atoms with Crippen molar-refractivity contribution in [1.82, 2.24) is 9.88 Å². The molecule has 13 nitrogen and oxygen atoms in total. The highest BCUT2D eigenvalue weighted by molar-refractivity contribution is 6.39. The number of nitrogens with zero attached hydrogens (tertiary/aromatic N) is 2. The van der Waals surface area contributed by atoms with E-state index in [1.54, 1.807) is 28.3 Å². The highest BCUT2D eigenvalue weighted by Crippen LogP contribution is 2.40. The monoisotopic (exact) mass is 904 g/mol. The minimum atomic E-state index is -2.47. The molecule has 360 valence electrons. The molecule has 3 aliphatic heterocycles. The van der Waals surface area contributed by atoms with Gasteiger partial charge in [-0.2, -0.15) is 0 Å². The number of cyclic esters (lactones) is 1. The molecule has 2 saturated heterocycles. The molecule has 13 unspecified atom stereocenters. The average Bonchev–Trinajstić information content (AvgIpc) is 3.78. The highest BCUT2D eigenvalue weighted by atomic mass is 16.7. The molecule has 4 aliphatic rings. The first-order valence-electron chi connectivity index (χ1n) is 24.3. The number of allylic oxidation sites excluding steroid dienone is 3. The number of fused-ring (bicyclic) bond motifs is 4. The molecule has 1 aromatic heterocycles. The molecule has 1 saturated carbocycles. The molecule has 13 atom stereocenters. The van der Waals surface area contributed by atoms with Crippen LogP contribution in [0.3, 0.4) is 0 Å². The van der Waals surface area contributed by atoms with Crippen molar-refractivity contribution in [3.63, 3.8) is 0 Å². The fourth-order valence-electron chi connectivity index (χ4n) is 11.3. The average molecular weight is 904 g/mol. The van der Waals surface area contributed by atoms with Gasteiger partial charge < -0.3 is 43.6 Å².